The number of rotatable bonds is 7. The Hall–Kier alpha value is -2.39. The van der Waals surface area contributed by atoms with Crippen molar-refractivity contribution in [2.24, 2.45) is 5.92 Å². The number of carbonyl (C=O) groups excluding carboxylic acids is 1. The van der Waals surface area contributed by atoms with Gasteiger partial charge in [-0.3, -0.25) is 19.6 Å². The van der Waals surface area contributed by atoms with Crippen molar-refractivity contribution in [1.29, 1.82) is 0 Å². The van der Waals surface area contributed by atoms with E-state index in [1.54, 1.807) is 12.1 Å². The predicted molar refractivity (Wildman–Crippen MR) is 153 cm³/mol. The second-order valence-electron chi connectivity index (χ2n) is 12.7. The Kier molecular flexibility index (Phi) is 8.38. The molecule has 0 bridgehead atoms. The number of ether oxygens (including phenoxy) is 1. The monoisotopic (exact) mass is 537 g/mol. The number of pyridine rings is 1. The van der Waals surface area contributed by atoms with E-state index in [-0.39, 0.29) is 23.2 Å². The second-order valence-corrected chi connectivity index (χ2v) is 12.7. The summed E-state index contributed by atoms with van der Waals surface area (Å²) in [7, 11) is 0. The first kappa shape index (κ1) is 28.1. The van der Waals surface area contributed by atoms with Crippen molar-refractivity contribution in [3.05, 3.63) is 59.2 Å². The van der Waals surface area contributed by atoms with Crippen LogP contribution in [0.5, 0.6) is 0 Å². The largest absolute Gasteiger partial charge is 0.378 e. The number of nitrogens with one attached hydrogen (secondary N) is 1. The van der Waals surface area contributed by atoms with Crippen LogP contribution in [0.3, 0.4) is 0 Å². The number of nitrogens with zero attached hydrogens (tertiary/aromatic N) is 4. The molecule has 0 unspecified atom stereocenters. The molecule has 2 fully saturated rings. The molecule has 2 saturated heterocycles. The minimum absolute atomic E-state index is 0.129. The van der Waals surface area contributed by atoms with E-state index in [1.807, 2.05) is 11.1 Å². The SMILES string of the molecule is CC(C)[C@@H]1COCCN1C[C@H]1CN[C@H](C)CN1CC(=O)N1CC(C)(C)c2ncc(Cc3ccc(F)cc3)cc21. The topological polar surface area (TPSA) is 60.9 Å². The molecule has 4 heterocycles. The smallest absolute Gasteiger partial charge is 0.241 e. The fourth-order valence-corrected chi connectivity index (χ4v) is 6.37. The number of halogens is 1. The number of aromatic nitrogens is 1. The van der Waals surface area contributed by atoms with Gasteiger partial charge >= 0.3 is 0 Å². The number of hydrogen-bond donors (Lipinski definition) is 1. The minimum Gasteiger partial charge on any atom is -0.378 e. The highest BCUT2D eigenvalue weighted by atomic mass is 19.1. The lowest BCUT2D eigenvalue weighted by atomic mass is 9.91. The van der Waals surface area contributed by atoms with Gasteiger partial charge < -0.3 is 15.0 Å². The zero-order valence-corrected chi connectivity index (χ0v) is 24.1. The van der Waals surface area contributed by atoms with E-state index < -0.39 is 0 Å². The van der Waals surface area contributed by atoms with Crippen LogP contribution in [0.4, 0.5) is 10.1 Å². The van der Waals surface area contributed by atoms with E-state index in [4.69, 9.17) is 9.72 Å². The molecule has 7 nitrogen and oxygen atoms in total. The number of carbonyl (C=O) groups is 1. The lowest BCUT2D eigenvalue weighted by molar-refractivity contribution is -0.121. The molecule has 0 saturated carbocycles. The predicted octanol–water partition coefficient (Wildman–Crippen LogP) is 3.45. The van der Waals surface area contributed by atoms with E-state index in [0.717, 1.165) is 61.9 Å². The average molecular weight is 538 g/mol. The third-order valence-electron chi connectivity index (χ3n) is 8.59. The molecule has 0 aliphatic carbocycles. The van der Waals surface area contributed by atoms with Crippen LogP contribution in [-0.4, -0.2) is 91.3 Å². The van der Waals surface area contributed by atoms with Crippen molar-refractivity contribution in [3.8, 4) is 0 Å². The summed E-state index contributed by atoms with van der Waals surface area (Å²) in [6, 6.07) is 9.71. The van der Waals surface area contributed by atoms with Crippen LogP contribution in [0.15, 0.2) is 36.5 Å². The van der Waals surface area contributed by atoms with Gasteiger partial charge in [-0.15, -0.1) is 0 Å². The van der Waals surface area contributed by atoms with Crippen molar-refractivity contribution < 1.29 is 13.9 Å². The van der Waals surface area contributed by atoms with Crippen LogP contribution in [-0.2, 0) is 21.4 Å². The van der Waals surface area contributed by atoms with Crippen molar-refractivity contribution >= 4 is 11.6 Å². The van der Waals surface area contributed by atoms with Gasteiger partial charge in [0.2, 0.25) is 5.91 Å². The van der Waals surface area contributed by atoms with Crippen LogP contribution >= 0.6 is 0 Å². The first-order chi connectivity index (χ1) is 18.6. The summed E-state index contributed by atoms with van der Waals surface area (Å²) in [6.07, 6.45) is 2.55. The Morgan fingerprint density at radius 2 is 1.97 bits per heavy atom. The first-order valence-electron chi connectivity index (χ1n) is 14.4. The highest BCUT2D eigenvalue weighted by Gasteiger charge is 2.41. The first-order valence-corrected chi connectivity index (χ1v) is 14.4. The Labute approximate surface area is 232 Å². The second kappa shape index (κ2) is 11.6. The number of amides is 1. The van der Waals surface area contributed by atoms with Gasteiger partial charge in [-0.2, -0.15) is 0 Å². The highest BCUT2D eigenvalue weighted by Crippen LogP contribution is 2.39. The van der Waals surface area contributed by atoms with Gasteiger partial charge in [0.05, 0.1) is 31.1 Å². The molecule has 212 valence electrons. The maximum atomic E-state index is 13.9. The quantitative estimate of drug-likeness (QED) is 0.584. The fraction of sp³-hybridized carbons (Fsp3) is 0.613. The summed E-state index contributed by atoms with van der Waals surface area (Å²) >= 11 is 0. The number of piperazine rings is 1. The summed E-state index contributed by atoms with van der Waals surface area (Å²) in [6.45, 7) is 17.2. The van der Waals surface area contributed by atoms with E-state index in [0.29, 0.717) is 37.5 Å². The maximum Gasteiger partial charge on any atom is 0.241 e. The number of fused-ring (bicyclic) bond motifs is 1. The van der Waals surface area contributed by atoms with Gasteiger partial charge in [-0.05, 0) is 48.6 Å². The molecule has 3 atom stereocenters. The summed E-state index contributed by atoms with van der Waals surface area (Å²) < 4.78 is 19.2. The molecule has 1 N–H and O–H groups in total. The lowest BCUT2D eigenvalue weighted by Gasteiger charge is -2.45. The van der Waals surface area contributed by atoms with E-state index in [9.17, 15) is 9.18 Å². The number of anilines is 1. The molecular weight excluding hydrogens is 493 g/mol. The molecular formula is C31H44FN5O2. The Morgan fingerprint density at radius 1 is 1.21 bits per heavy atom. The maximum absolute atomic E-state index is 13.9. The van der Waals surface area contributed by atoms with Gasteiger partial charge in [0.15, 0.2) is 0 Å². The molecule has 1 amide bonds. The fourth-order valence-electron chi connectivity index (χ4n) is 6.37. The van der Waals surface area contributed by atoms with Crippen LogP contribution in [0, 0.1) is 11.7 Å². The van der Waals surface area contributed by atoms with Gasteiger partial charge in [0.25, 0.3) is 0 Å². The van der Waals surface area contributed by atoms with Crippen LogP contribution in [0.25, 0.3) is 0 Å². The molecule has 0 radical (unpaired) electrons. The Morgan fingerprint density at radius 3 is 2.72 bits per heavy atom. The van der Waals surface area contributed by atoms with Crippen molar-refractivity contribution in [3.63, 3.8) is 0 Å². The summed E-state index contributed by atoms with van der Waals surface area (Å²) in [4.78, 5) is 25.7. The number of benzene rings is 1. The molecule has 0 spiro atoms. The van der Waals surface area contributed by atoms with Gasteiger partial charge in [-0.25, -0.2) is 4.39 Å². The molecule has 3 aliphatic heterocycles. The third-order valence-corrected chi connectivity index (χ3v) is 8.59. The van der Waals surface area contributed by atoms with Gasteiger partial charge in [0, 0.05) is 62.5 Å². The van der Waals surface area contributed by atoms with Gasteiger partial charge in [-0.1, -0.05) is 39.8 Å². The summed E-state index contributed by atoms with van der Waals surface area (Å²) in [5, 5.41) is 3.64. The molecule has 2 aromatic rings. The average Bonchev–Trinajstić information content (AvgIpc) is 3.17. The minimum atomic E-state index is -0.238. The highest BCUT2D eigenvalue weighted by molar-refractivity contribution is 5.97. The van der Waals surface area contributed by atoms with Crippen molar-refractivity contribution in [2.45, 2.75) is 64.6 Å². The van der Waals surface area contributed by atoms with Crippen LogP contribution in [0.1, 0.15) is 51.4 Å². The standard InChI is InChI=1S/C31H44FN5O2/c1-21(2)28-19-39-11-10-35(28)17-26-15-33-22(3)16-36(26)18-29(38)37-20-31(4,5)30-27(37)13-24(14-34-30)12-23-6-8-25(32)9-7-23/h6-9,13-14,21-22,26,28,33H,10-12,15-20H2,1-5H3/t22-,26-,28+/m1/s1. The summed E-state index contributed by atoms with van der Waals surface area (Å²) in [5.41, 5.74) is 3.72. The molecule has 1 aromatic heterocycles. The molecule has 1 aromatic carbocycles. The van der Waals surface area contributed by atoms with E-state index >= 15 is 0 Å². The Bertz CT molecular complexity index is 1150. The molecule has 8 heteroatoms. The normalized spacial score (nSPS) is 25.7. The van der Waals surface area contributed by atoms with Crippen LogP contribution in [0.2, 0.25) is 0 Å². The molecule has 3 aliphatic rings. The third kappa shape index (κ3) is 6.35. The van der Waals surface area contributed by atoms with E-state index in [2.05, 4.69) is 55.8 Å². The molecule has 5 rings (SSSR count). The van der Waals surface area contributed by atoms with Crippen molar-refractivity contribution in [2.75, 3.05) is 57.4 Å². The summed E-state index contributed by atoms with van der Waals surface area (Å²) in [5.74, 6) is 0.415. The van der Waals surface area contributed by atoms with Gasteiger partial charge in [0.1, 0.15) is 5.82 Å². The molecule has 39 heavy (non-hydrogen) atoms. The number of hydrogen-bond acceptors (Lipinski definition) is 6. The zero-order chi connectivity index (χ0) is 27.7. The number of morpholine rings is 1. The van der Waals surface area contributed by atoms with Crippen LogP contribution < -0.4 is 10.2 Å². The Balaban J connectivity index is 1.33. The van der Waals surface area contributed by atoms with Crippen molar-refractivity contribution in [1.82, 2.24) is 20.1 Å². The lowest BCUT2D eigenvalue weighted by Crippen LogP contribution is -2.62. The van der Waals surface area contributed by atoms with E-state index in [1.165, 1.54) is 12.1 Å². The zero-order valence-electron chi connectivity index (χ0n) is 24.1.